The molecule has 2 aromatic rings. The maximum atomic E-state index is 12.0. The lowest BCUT2D eigenvalue weighted by Gasteiger charge is -2.05. The molecule has 8 heteroatoms. The summed E-state index contributed by atoms with van der Waals surface area (Å²) >= 11 is 0. The molecule has 0 aliphatic carbocycles. The van der Waals surface area contributed by atoms with Gasteiger partial charge in [-0.1, -0.05) is 0 Å². The lowest BCUT2D eigenvalue weighted by Crippen LogP contribution is -2.34. The van der Waals surface area contributed by atoms with Gasteiger partial charge in [0.25, 0.3) is 11.8 Å². The Morgan fingerprint density at radius 2 is 1.92 bits per heavy atom. The van der Waals surface area contributed by atoms with Crippen LogP contribution in [0.1, 0.15) is 15.9 Å². The first kappa shape index (κ1) is 17.3. The average molecular weight is 355 g/mol. The zero-order valence-corrected chi connectivity index (χ0v) is 14.0. The van der Waals surface area contributed by atoms with E-state index >= 15 is 0 Å². The lowest BCUT2D eigenvalue weighted by atomic mass is 10.2. The SMILES string of the molecule is COc1ccc(C(=O)NCC(=O)N/N=C\c2ccc3c(c2)OCO3)cc1. The van der Waals surface area contributed by atoms with Crippen LogP contribution in [-0.2, 0) is 4.79 Å². The number of fused-ring (bicyclic) bond motifs is 1. The van der Waals surface area contributed by atoms with Gasteiger partial charge in [0.1, 0.15) is 5.75 Å². The van der Waals surface area contributed by atoms with Gasteiger partial charge in [-0.25, -0.2) is 5.43 Å². The molecule has 0 aromatic heterocycles. The van der Waals surface area contributed by atoms with Crippen molar-refractivity contribution in [1.29, 1.82) is 0 Å². The minimum absolute atomic E-state index is 0.191. The van der Waals surface area contributed by atoms with Crippen LogP contribution < -0.4 is 25.0 Å². The minimum atomic E-state index is -0.441. The molecular formula is C18H17N3O5. The molecule has 134 valence electrons. The predicted molar refractivity (Wildman–Crippen MR) is 93.6 cm³/mol. The van der Waals surface area contributed by atoms with Crippen LogP contribution >= 0.6 is 0 Å². The van der Waals surface area contributed by atoms with Crippen molar-refractivity contribution in [2.45, 2.75) is 0 Å². The predicted octanol–water partition coefficient (Wildman–Crippen LogP) is 1.30. The maximum absolute atomic E-state index is 12.0. The van der Waals surface area contributed by atoms with Crippen LogP contribution in [0, 0.1) is 0 Å². The Morgan fingerprint density at radius 1 is 1.15 bits per heavy atom. The Hall–Kier alpha value is -3.55. The molecule has 0 saturated carbocycles. The Bertz CT molecular complexity index is 833. The summed E-state index contributed by atoms with van der Waals surface area (Å²) in [7, 11) is 1.55. The molecule has 26 heavy (non-hydrogen) atoms. The van der Waals surface area contributed by atoms with Gasteiger partial charge in [-0.15, -0.1) is 0 Å². The number of carbonyl (C=O) groups excluding carboxylic acids is 2. The van der Waals surface area contributed by atoms with Crippen molar-refractivity contribution < 1.29 is 23.8 Å². The van der Waals surface area contributed by atoms with E-state index in [2.05, 4.69) is 15.8 Å². The van der Waals surface area contributed by atoms with Crippen molar-refractivity contribution in [3.8, 4) is 17.2 Å². The van der Waals surface area contributed by atoms with Crippen molar-refractivity contribution >= 4 is 18.0 Å². The zero-order chi connectivity index (χ0) is 18.4. The summed E-state index contributed by atoms with van der Waals surface area (Å²) in [5.74, 6) is 1.16. The molecule has 0 saturated heterocycles. The van der Waals surface area contributed by atoms with Gasteiger partial charge in [-0.2, -0.15) is 5.10 Å². The largest absolute Gasteiger partial charge is 0.497 e. The van der Waals surface area contributed by atoms with Crippen LogP contribution in [0.4, 0.5) is 0 Å². The highest BCUT2D eigenvalue weighted by Crippen LogP contribution is 2.31. The van der Waals surface area contributed by atoms with Gasteiger partial charge in [0.15, 0.2) is 11.5 Å². The number of amides is 2. The summed E-state index contributed by atoms with van der Waals surface area (Å²) in [6.07, 6.45) is 1.48. The molecule has 2 amide bonds. The van der Waals surface area contributed by atoms with E-state index in [1.807, 2.05) is 0 Å². The van der Waals surface area contributed by atoms with Crippen LogP contribution in [0.15, 0.2) is 47.6 Å². The number of nitrogens with zero attached hydrogens (tertiary/aromatic N) is 1. The number of rotatable bonds is 6. The monoisotopic (exact) mass is 355 g/mol. The minimum Gasteiger partial charge on any atom is -0.497 e. The first-order valence-electron chi connectivity index (χ1n) is 7.79. The number of hydrogen-bond acceptors (Lipinski definition) is 6. The maximum Gasteiger partial charge on any atom is 0.259 e. The first-order chi connectivity index (χ1) is 12.7. The van der Waals surface area contributed by atoms with Gasteiger partial charge in [-0.05, 0) is 48.0 Å². The van der Waals surface area contributed by atoms with Crippen molar-refractivity contribution in [1.82, 2.24) is 10.7 Å². The first-order valence-corrected chi connectivity index (χ1v) is 7.79. The van der Waals surface area contributed by atoms with Gasteiger partial charge in [0.05, 0.1) is 19.9 Å². The van der Waals surface area contributed by atoms with Crippen LogP contribution in [0.3, 0.4) is 0 Å². The number of ether oxygens (including phenoxy) is 3. The Labute approximate surface area is 149 Å². The van der Waals surface area contributed by atoms with E-state index in [1.165, 1.54) is 6.21 Å². The normalized spacial score (nSPS) is 12.0. The van der Waals surface area contributed by atoms with Crippen molar-refractivity contribution in [2.24, 2.45) is 5.10 Å². The molecule has 0 spiro atoms. The van der Waals surface area contributed by atoms with Crippen LogP contribution in [0.25, 0.3) is 0 Å². The van der Waals surface area contributed by atoms with Crippen LogP contribution in [-0.4, -0.2) is 38.5 Å². The van der Waals surface area contributed by atoms with Gasteiger partial charge < -0.3 is 19.5 Å². The second-order valence-corrected chi connectivity index (χ2v) is 5.32. The molecule has 0 bridgehead atoms. The standard InChI is InChI=1S/C18H17N3O5/c1-24-14-5-3-13(4-6-14)18(23)19-10-17(22)21-20-9-12-2-7-15-16(8-12)26-11-25-15/h2-9H,10-11H2,1H3,(H,19,23)(H,21,22)/b20-9-. The number of hydrazone groups is 1. The molecule has 1 aliphatic rings. The van der Waals surface area contributed by atoms with E-state index < -0.39 is 5.91 Å². The van der Waals surface area contributed by atoms with Crippen molar-refractivity contribution in [2.75, 3.05) is 20.4 Å². The molecule has 1 heterocycles. The van der Waals surface area contributed by atoms with Crippen molar-refractivity contribution in [3.63, 3.8) is 0 Å². The number of benzene rings is 2. The Kier molecular flexibility index (Phi) is 5.33. The summed E-state index contributed by atoms with van der Waals surface area (Å²) in [5, 5.41) is 6.37. The molecule has 8 nitrogen and oxygen atoms in total. The summed E-state index contributed by atoms with van der Waals surface area (Å²) in [6, 6.07) is 11.9. The summed E-state index contributed by atoms with van der Waals surface area (Å²) in [6.45, 7) is 0.00387. The number of carbonyl (C=O) groups is 2. The van der Waals surface area contributed by atoms with Gasteiger partial charge >= 0.3 is 0 Å². The molecule has 1 aliphatic heterocycles. The van der Waals surface area contributed by atoms with Crippen LogP contribution in [0.2, 0.25) is 0 Å². The third-order valence-electron chi connectivity index (χ3n) is 3.56. The third-order valence-corrected chi connectivity index (χ3v) is 3.56. The van der Waals surface area contributed by atoms with Gasteiger partial charge in [0.2, 0.25) is 6.79 Å². The van der Waals surface area contributed by atoms with E-state index in [4.69, 9.17) is 14.2 Å². The Balaban J connectivity index is 1.45. The summed E-state index contributed by atoms with van der Waals surface area (Å²) < 4.78 is 15.5. The molecule has 0 unspecified atom stereocenters. The van der Waals surface area contributed by atoms with Gasteiger partial charge in [0, 0.05) is 5.56 Å². The highest BCUT2D eigenvalue weighted by molar-refractivity contribution is 5.96. The summed E-state index contributed by atoms with van der Waals surface area (Å²) in [4.78, 5) is 23.7. The van der Waals surface area contributed by atoms with E-state index in [1.54, 1.807) is 49.6 Å². The van der Waals surface area contributed by atoms with E-state index in [9.17, 15) is 9.59 Å². The molecule has 0 atom stereocenters. The van der Waals surface area contributed by atoms with Crippen molar-refractivity contribution in [3.05, 3.63) is 53.6 Å². The number of nitrogens with one attached hydrogen (secondary N) is 2. The fraction of sp³-hybridized carbons (Fsp3) is 0.167. The zero-order valence-electron chi connectivity index (χ0n) is 14.0. The highest BCUT2D eigenvalue weighted by Gasteiger charge is 2.12. The molecule has 0 fully saturated rings. The second kappa shape index (κ2) is 8.02. The van der Waals surface area contributed by atoms with E-state index in [0.717, 1.165) is 5.56 Å². The molecular weight excluding hydrogens is 338 g/mol. The topological polar surface area (TPSA) is 98.2 Å². The van der Waals surface area contributed by atoms with E-state index in [0.29, 0.717) is 22.8 Å². The van der Waals surface area contributed by atoms with Gasteiger partial charge in [-0.3, -0.25) is 9.59 Å². The lowest BCUT2D eigenvalue weighted by molar-refractivity contribution is -0.120. The second-order valence-electron chi connectivity index (χ2n) is 5.32. The quantitative estimate of drug-likeness (QED) is 0.601. The third kappa shape index (κ3) is 4.29. The molecule has 2 aromatic carbocycles. The number of methoxy groups -OCH3 is 1. The molecule has 2 N–H and O–H groups in total. The fourth-order valence-corrected chi connectivity index (χ4v) is 2.22. The molecule has 3 rings (SSSR count). The fourth-order valence-electron chi connectivity index (χ4n) is 2.22. The average Bonchev–Trinajstić information content (AvgIpc) is 3.14. The number of hydrogen-bond donors (Lipinski definition) is 2. The molecule has 0 radical (unpaired) electrons. The highest BCUT2D eigenvalue weighted by atomic mass is 16.7. The smallest absolute Gasteiger partial charge is 0.259 e. The van der Waals surface area contributed by atoms with E-state index in [-0.39, 0.29) is 19.2 Å². The Morgan fingerprint density at radius 3 is 2.69 bits per heavy atom. The summed E-state index contributed by atoms with van der Waals surface area (Å²) in [5.41, 5.74) is 3.53. The van der Waals surface area contributed by atoms with Crippen LogP contribution in [0.5, 0.6) is 17.2 Å².